The number of carbonyl (C=O) groups is 3. The molecule has 1 unspecified atom stereocenters. The molecular weight excluding hydrogens is 373 g/mol. The first-order chi connectivity index (χ1) is 13.9. The third-order valence-electron chi connectivity index (χ3n) is 5.71. The molecule has 1 atom stereocenters. The highest BCUT2D eigenvalue weighted by atomic mass is 19.1. The van der Waals surface area contributed by atoms with E-state index in [-0.39, 0.29) is 30.7 Å². The molecule has 0 radical (unpaired) electrons. The molecule has 2 aliphatic rings. The van der Waals surface area contributed by atoms with Crippen molar-refractivity contribution >= 4 is 17.8 Å². The zero-order valence-electron chi connectivity index (χ0n) is 16.2. The van der Waals surface area contributed by atoms with E-state index in [0.29, 0.717) is 24.9 Å². The van der Waals surface area contributed by atoms with Crippen molar-refractivity contribution in [2.75, 3.05) is 13.1 Å². The maximum Gasteiger partial charge on any atom is 0.325 e. The van der Waals surface area contributed by atoms with Gasteiger partial charge in [-0.15, -0.1) is 0 Å². The van der Waals surface area contributed by atoms with Crippen LogP contribution in [0.4, 0.5) is 9.18 Å². The maximum absolute atomic E-state index is 13.4. The number of halogens is 1. The largest absolute Gasteiger partial charge is 0.337 e. The van der Waals surface area contributed by atoms with Crippen molar-refractivity contribution in [2.45, 2.75) is 31.8 Å². The number of rotatable bonds is 5. The summed E-state index contributed by atoms with van der Waals surface area (Å²) >= 11 is 0. The van der Waals surface area contributed by atoms with Gasteiger partial charge in [0.1, 0.15) is 17.9 Å². The Morgan fingerprint density at radius 1 is 1.21 bits per heavy atom. The van der Waals surface area contributed by atoms with Crippen molar-refractivity contribution in [3.05, 3.63) is 71.0 Å². The van der Waals surface area contributed by atoms with Gasteiger partial charge < -0.3 is 10.2 Å². The molecule has 6 nitrogen and oxygen atoms in total. The number of carbonyl (C=O) groups excluding carboxylic acids is 3. The van der Waals surface area contributed by atoms with E-state index in [1.54, 1.807) is 19.1 Å². The predicted octanol–water partition coefficient (Wildman–Crippen LogP) is 2.57. The first-order valence-electron chi connectivity index (χ1n) is 9.69. The molecule has 7 heteroatoms. The highest BCUT2D eigenvalue weighted by Gasteiger charge is 2.55. The van der Waals surface area contributed by atoms with Gasteiger partial charge in [0.15, 0.2) is 0 Å². The molecule has 0 saturated carbocycles. The number of nitrogens with one attached hydrogen (secondary N) is 1. The van der Waals surface area contributed by atoms with E-state index in [2.05, 4.69) is 5.32 Å². The molecule has 1 aliphatic carbocycles. The number of hydrogen-bond acceptors (Lipinski definition) is 3. The van der Waals surface area contributed by atoms with Crippen LogP contribution in [0.25, 0.3) is 0 Å². The summed E-state index contributed by atoms with van der Waals surface area (Å²) in [7, 11) is 0. The summed E-state index contributed by atoms with van der Waals surface area (Å²) in [5.41, 5.74) is 1.42. The van der Waals surface area contributed by atoms with E-state index >= 15 is 0 Å². The van der Waals surface area contributed by atoms with Crippen molar-refractivity contribution in [1.29, 1.82) is 0 Å². The van der Waals surface area contributed by atoms with Crippen LogP contribution in [0.5, 0.6) is 0 Å². The second-order valence-corrected chi connectivity index (χ2v) is 7.42. The number of aryl methyl sites for hydroxylation is 1. The molecule has 1 spiro atoms. The van der Waals surface area contributed by atoms with Crippen LogP contribution in [-0.4, -0.2) is 40.7 Å². The van der Waals surface area contributed by atoms with Crippen LogP contribution in [0.15, 0.2) is 48.5 Å². The number of nitrogens with zero attached hydrogens (tertiary/aromatic N) is 2. The number of fused-ring (bicyclic) bond motifs is 2. The zero-order valence-corrected chi connectivity index (χ0v) is 16.2. The summed E-state index contributed by atoms with van der Waals surface area (Å²) in [6.07, 6.45) is 1.19. The first kappa shape index (κ1) is 19.1. The van der Waals surface area contributed by atoms with Crippen LogP contribution >= 0.6 is 0 Å². The molecule has 0 bridgehead atoms. The van der Waals surface area contributed by atoms with Crippen molar-refractivity contribution in [1.82, 2.24) is 15.1 Å². The fourth-order valence-corrected chi connectivity index (χ4v) is 4.20. The van der Waals surface area contributed by atoms with Crippen LogP contribution in [0, 0.1) is 5.82 Å². The normalized spacial score (nSPS) is 20.1. The Morgan fingerprint density at radius 2 is 2.00 bits per heavy atom. The van der Waals surface area contributed by atoms with E-state index < -0.39 is 11.6 Å². The molecule has 1 heterocycles. The Hall–Kier alpha value is -3.22. The molecule has 150 valence electrons. The average Bonchev–Trinajstić information content (AvgIpc) is 3.19. The van der Waals surface area contributed by atoms with Gasteiger partial charge in [-0.05, 0) is 48.6 Å². The van der Waals surface area contributed by atoms with Crippen LogP contribution in [0.3, 0.4) is 0 Å². The van der Waals surface area contributed by atoms with Crippen molar-refractivity contribution in [3.63, 3.8) is 0 Å². The summed E-state index contributed by atoms with van der Waals surface area (Å²) < 4.78 is 13.4. The summed E-state index contributed by atoms with van der Waals surface area (Å²) in [5, 5.41) is 2.82. The van der Waals surface area contributed by atoms with Gasteiger partial charge >= 0.3 is 6.03 Å². The van der Waals surface area contributed by atoms with Gasteiger partial charge in [-0.1, -0.05) is 36.4 Å². The lowest BCUT2D eigenvalue weighted by molar-refractivity contribution is -0.139. The third kappa shape index (κ3) is 3.26. The second-order valence-electron chi connectivity index (χ2n) is 7.42. The van der Waals surface area contributed by atoms with Gasteiger partial charge in [0.25, 0.3) is 5.91 Å². The number of likely N-dealkylation sites (N-methyl/N-ethyl adjacent to an activating group) is 1. The fraction of sp³-hybridized carbons (Fsp3) is 0.318. The Labute approximate surface area is 168 Å². The molecule has 1 saturated heterocycles. The minimum Gasteiger partial charge on any atom is -0.337 e. The monoisotopic (exact) mass is 395 g/mol. The molecule has 4 amide bonds. The lowest BCUT2D eigenvalue weighted by Gasteiger charge is -2.25. The Bertz CT molecular complexity index is 993. The standard InChI is InChI=1S/C22H22FN3O3/c1-2-25(13-15-6-5-8-17(23)12-15)19(27)14-26-20(28)22(24-21(26)29)11-10-16-7-3-4-9-18(16)22/h3-9,12H,2,10-11,13-14H2,1H3,(H,24,29). The number of benzene rings is 2. The third-order valence-corrected chi connectivity index (χ3v) is 5.71. The van der Waals surface area contributed by atoms with Crippen molar-refractivity contribution in [2.24, 2.45) is 0 Å². The SMILES string of the molecule is CCN(Cc1cccc(F)c1)C(=O)CN1C(=O)NC2(CCc3ccccc32)C1=O. The molecular formula is C22H22FN3O3. The predicted molar refractivity (Wildman–Crippen MR) is 104 cm³/mol. The van der Waals surface area contributed by atoms with E-state index in [9.17, 15) is 18.8 Å². The molecule has 4 rings (SSSR count). The van der Waals surface area contributed by atoms with Crippen LogP contribution in [0.1, 0.15) is 30.0 Å². The van der Waals surface area contributed by atoms with Crippen molar-refractivity contribution < 1.29 is 18.8 Å². The zero-order chi connectivity index (χ0) is 20.6. The summed E-state index contributed by atoms with van der Waals surface area (Å²) in [6.45, 7) is 2.06. The summed E-state index contributed by atoms with van der Waals surface area (Å²) in [6, 6.07) is 13.0. The number of hydrogen-bond donors (Lipinski definition) is 1. The van der Waals surface area contributed by atoms with Gasteiger partial charge in [0.05, 0.1) is 0 Å². The lowest BCUT2D eigenvalue weighted by Crippen LogP contribution is -2.44. The van der Waals surface area contributed by atoms with E-state index in [0.717, 1.165) is 16.0 Å². The Morgan fingerprint density at radius 3 is 2.76 bits per heavy atom. The van der Waals surface area contributed by atoms with Gasteiger partial charge in [-0.3, -0.25) is 14.5 Å². The minimum absolute atomic E-state index is 0.213. The van der Waals surface area contributed by atoms with Crippen LogP contribution in [0.2, 0.25) is 0 Å². The van der Waals surface area contributed by atoms with Crippen LogP contribution < -0.4 is 5.32 Å². The number of urea groups is 1. The Kier molecular flexibility index (Phi) is 4.82. The van der Waals surface area contributed by atoms with E-state index in [1.165, 1.54) is 17.0 Å². The fourth-order valence-electron chi connectivity index (χ4n) is 4.20. The van der Waals surface area contributed by atoms with Gasteiger partial charge in [0, 0.05) is 13.1 Å². The number of amides is 4. The molecule has 2 aromatic carbocycles. The second kappa shape index (κ2) is 7.31. The lowest BCUT2D eigenvalue weighted by atomic mass is 9.92. The topological polar surface area (TPSA) is 69.7 Å². The van der Waals surface area contributed by atoms with Crippen LogP contribution in [-0.2, 0) is 28.1 Å². The molecule has 0 aromatic heterocycles. The highest BCUT2D eigenvalue weighted by Crippen LogP contribution is 2.41. The first-order valence-corrected chi connectivity index (χ1v) is 9.69. The smallest absolute Gasteiger partial charge is 0.325 e. The highest BCUT2D eigenvalue weighted by molar-refractivity contribution is 6.09. The Balaban J connectivity index is 1.51. The molecule has 1 fully saturated rings. The molecule has 29 heavy (non-hydrogen) atoms. The molecule has 1 aliphatic heterocycles. The van der Waals surface area contributed by atoms with Gasteiger partial charge in [-0.2, -0.15) is 0 Å². The van der Waals surface area contributed by atoms with Gasteiger partial charge in [-0.25, -0.2) is 9.18 Å². The van der Waals surface area contributed by atoms with Crippen molar-refractivity contribution in [3.8, 4) is 0 Å². The van der Waals surface area contributed by atoms with E-state index in [1.807, 2.05) is 24.3 Å². The van der Waals surface area contributed by atoms with Gasteiger partial charge in [0.2, 0.25) is 5.91 Å². The molecule has 2 aromatic rings. The van der Waals surface area contributed by atoms with E-state index in [4.69, 9.17) is 0 Å². The minimum atomic E-state index is -1.08. The summed E-state index contributed by atoms with van der Waals surface area (Å²) in [4.78, 5) is 41.1. The summed E-state index contributed by atoms with van der Waals surface area (Å²) in [5.74, 6) is -1.12. The number of imide groups is 1. The average molecular weight is 395 g/mol. The molecule has 1 N–H and O–H groups in total. The quantitative estimate of drug-likeness (QED) is 0.791. The maximum atomic E-state index is 13.4.